The number of halogens is 1. The molecule has 0 fully saturated rings. The van der Waals surface area contributed by atoms with Gasteiger partial charge in [-0.2, -0.15) is 0 Å². The summed E-state index contributed by atoms with van der Waals surface area (Å²) in [4.78, 5) is 11.1. The molecule has 2 heteroatoms. The molecule has 1 nitrogen and oxygen atoms in total. The van der Waals surface area contributed by atoms with E-state index in [0.717, 1.165) is 16.7 Å². The number of hydrogen-bond donors (Lipinski definition) is 0. The molecular weight excluding hydrogens is 184 g/mol. The Kier molecular flexibility index (Phi) is 3.10. The van der Waals surface area contributed by atoms with Crippen LogP contribution < -0.4 is 0 Å². The SMILES string of the molecule is CC(=O)C(Cl)c1cc(C)ccc1C. The molecule has 1 atom stereocenters. The number of benzene rings is 1. The molecule has 13 heavy (non-hydrogen) atoms. The highest BCUT2D eigenvalue weighted by Gasteiger charge is 2.14. The predicted octanol–water partition coefficient (Wildman–Crippen LogP) is 3.17. The lowest BCUT2D eigenvalue weighted by Crippen LogP contribution is -2.03. The van der Waals surface area contributed by atoms with Crippen molar-refractivity contribution in [2.24, 2.45) is 0 Å². The molecule has 1 rings (SSSR count). The van der Waals surface area contributed by atoms with Crippen molar-refractivity contribution in [3.05, 3.63) is 34.9 Å². The normalized spacial score (nSPS) is 12.6. The van der Waals surface area contributed by atoms with Gasteiger partial charge in [-0.15, -0.1) is 11.6 Å². The van der Waals surface area contributed by atoms with Crippen LogP contribution in [0.1, 0.15) is 29.0 Å². The van der Waals surface area contributed by atoms with Crippen LogP contribution in [0.3, 0.4) is 0 Å². The Morgan fingerprint density at radius 2 is 2.00 bits per heavy atom. The first-order chi connectivity index (χ1) is 6.02. The molecule has 0 aliphatic heterocycles. The minimum atomic E-state index is -0.500. The van der Waals surface area contributed by atoms with E-state index in [1.807, 2.05) is 32.0 Å². The van der Waals surface area contributed by atoms with Crippen LogP contribution in [0.4, 0.5) is 0 Å². The van der Waals surface area contributed by atoms with E-state index < -0.39 is 5.38 Å². The number of carbonyl (C=O) groups excluding carboxylic acids is 1. The summed E-state index contributed by atoms with van der Waals surface area (Å²) in [7, 11) is 0. The fourth-order valence-electron chi connectivity index (χ4n) is 1.25. The molecule has 0 bridgehead atoms. The number of hydrogen-bond acceptors (Lipinski definition) is 1. The van der Waals surface area contributed by atoms with Crippen molar-refractivity contribution in [2.75, 3.05) is 0 Å². The molecule has 1 aromatic rings. The molecule has 1 aromatic carbocycles. The Hall–Kier alpha value is -0.820. The first-order valence-electron chi connectivity index (χ1n) is 4.24. The van der Waals surface area contributed by atoms with Crippen molar-refractivity contribution in [3.63, 3.8) is 0 Å². The van der Waals surface area contributed by atoms with Crippen molar-refractivity contribution >= 4 is 17.4 Å². The van der Waals surface area contributed by atoms with Crippen LogP contribution in [0.25, 0.3) is 0 Å². The second-order valence-corrected chi connectivity index (χ2v) is 3.77. The minimum absolute atomic E-state index is 0.00429. The van der Waals surface area contributed by atoms with Gasteiger partial charge in [-0.1, -0.05) is 23.8 Å². The fourth-order valence-corrected chi connectivity index (χ4v) is 1.49. The summed E-state index contributed by atoms with van der Waals surface area (Å²) in [5, 5.41) is -0.500. The third-order valence-electron chi connectivity index (χ3n) is 2.06. The van der Waals surface area contributed by atoms with Gasteiger partial charge in [0.1, 0.15) is 5.38 Å². The first kappa shape index (κ1) is 10.3. The Morgan fingerprint density at radius 3 is 2.54 bits per heavy atom. The highest BCUT2D eigenvalue weighted by atomic mass is 35.5. The average molecular weight is 197 g/mol. The van der Waals surface area contributed by atoms with Gasteiger partial charge in [-0.25, -0.2) is 0 Å². The van der Waals surface area contributed by atoms with E-state index in [-0.39, 0.29) is 5.78 Å². The third-order valence-corrected chi connectivity index (χ3v) is 2.61. The lowest BCUT2D eigenvalue weighted by atomic mass is 10.0. The van der Waals surface area contributed by atoms with Gasteiger partial charge in [0.25, 0.3) is 0 Å². The lowest BCUT2D eigenvalue weighted by molar-refractivity contribution is -0.116. The third kappa shape index (κ3) is 2.31. The van der Waals surface area contributed by atoms with Crippen LogP contribution >= 0.6 is 11.6 Å². The lowest BCUT2D eigenvalue weighted by Gasteiger charge is -2.10. The first-order valence-corrected chi connectivity index (χ1v) is 4.67. The molecule has 0 amide bonds. The van der Waals surface area contributed by atoms with Gasteiger partial charge in [-0.3, -0.25) is 4.79 Å². The van der Waals surface area contributed by atoms with Crippen LogP contribution in [0.2, 0.25) is 0 Å². The van der Waals surface area contributed by atoms with Crippen LogP contribution in [-0.4, -0.2) is 5.78 Å². The smallest absolute Gasteiger partial charge is 0.152 e. The number of aryl methyl sites for hydroxylation is 2. The molecule has 0 N–H and O–H groups in total. The van der Waals surface area contributed by atoms with E-state index in [1.165, 1.54) is 6.92 Å². The van der Waals surface area contributed by atoms with E-state index >= 15 is 0 Å². The maximum absolute atomic E-state index is 11.1. The van der Waals surface area contributed by atoms with Crippen molar-refractivity contribution in [3.8, 4) is 0 Å². The minimum Gasteiger partial charge on any atom is -0.298 e. The second-order valence-electron chi connectivity index (χ2n) is 3.33. The topological polar surface area (TPSA) is 17.1 Å². The molecule has 0 aromatic heterocycles. The van der Waals surface area contributed by atoms with Crippen LogP contribution in [0.5, 0.6) is 0 Å². The number of ketones is 1. The van der Waals surface area contributed by atoms with Crippen LogP contribution in [-0.2, 0) is 4.79 Å². The molecule has 0 saturated carbocycles. The highest BCUT2D eigenvalue weighted by molar-refractivity contribution is 6.30. The number of Topliss-reactive ketones (excluding diaryl/α,β-unsaturated/α-hetero) is 1. The molecule has 0 aliphatic rings. The zero-order chi connectivity index (χ0) is 10.0. The van der Waals surface area contributed by atoms with Crippen LogP contribution in [0, 0.1) is 13.8 Å². The number of alkyl halides is 1. The van der Waals surface area contributed by atoms with E-state index in [4.69, 9.17) is 11.6 Å². The van der Waals surface area contributed by atoms with Gasteiger partial charge in [-0.05, 0) is 31.9 Å². The Labute approximate surface area is 83.7 Å². The second kappa shape index (κ2) is 3.93. The van der Waals surface area contributed by atoms with Gasteiger partial charge >= 0.3 is 0 Å². The van der Waals surface area contributed by atoms with Crippen molar-refractivity contribution in [1.82, 2.24) is 0 Å². The van der Waals surface area contributed by atoms with Gasteiger partial charge in [0.2, 0.25) is 0 Å². The Balaban J connectivity index is 3.12. The van der Waals surface area contributed by atoms with E-state index in [1.54, 1.807) is 0 Å². The Bertz CT molecular complexity index is 331. The monoisotopic (exact) mass is 196 g/mol. The molecule has 0 heterocycles. The molecule has 0 radical (unpaired) electrons. The maximum Gasteiger partial charge on any atom is 0.152 e. The standard InChI is InChI=1S/C11H13ClO/c1-7-4-5-8(2)10(6-7)11(12)9(3)13/h4-6,11H,1-3H3. The summed E-state index contributed by atoms with van der Waals surface area (Å²) >= 11 is 5.97. The zero-order valence-corrected chi connectivity index (χ0v) is 8.85. The van der Waals surface area contributed by atoms with Crippen molar-refractivity contribution < 1.29 is 4.79 Å². The molecule has 0 saturated heterocycles. The number of carbonyl (C=O) groups is 1. The average Bonchev–Trinajstić information content (AvgIpc) is 2.08. The quantitative estimate of drug-likeness (QED) is 0.664. The largest absolute Gasteiger partial charge is 0.298 e. The molecule has 1 unspecified atom stereocenters. The molecule has 0 spiro atoms. The summed E-state index contributed by atoms with van der Waals surface area (Å²) in [5.41, 5.74) is 3.13. The molecular formula is C11H13ClO. The summed E-state index contributed by atoms with van der Waals surface area (Å²) in [6, 6.07) is 5.97. The fraction of sp³-hybridized carbons (Fsp3) is 0.364. The highest BCUT2D eigenvalue weighted by Crippen LogP contribution is 2.25. The van der Waals surface area contributed by atoms with Gasteiger partial charge in [0.15, 0.2) is 5.78 Å². The van der Waals surface area contributed by atoms with E-state index in [2.05, 4.69) is 0 Å². The van der Waals surface area contributed by atoms with Gasteiger partial charge in [0.05, 0.1) is 0 Å². The van der Waals surface area contributed by atoms with Gasteiger partial charge < -0.3 is 0 Å². The van der Waals surface area contributed by atoms with E-state index in [0.29, 0.717) is 0 Å². The van der Waals surface area contributed by atoms with Crippen molar-refractivity contribution in [2.45, 2.75) is 26.1 Å². The predicted molar refractivity (Wildman–Crippen MR) is 55.2 cm³/mol. The summed E-state index contributed by atoms with van der Waals surface area (Å²) < 4.78 is 0. The summed E-state index contributed by atoms with van der Waals surface area (Å²) in [6.45, 7) is 5.47. The Morgan fingerprint density at radius 1 is 1.38 bits per heavy atom. The number of rotatable bonds is 2. The summed E-state index contributed by atoms with van der Waals surface area (Å²) in [6.07, 6.45) is 0. The van der Waals surface area contributed by atoms with E-state index in [9.17, 15) is 4.79 Å². The molecule has 0 aliphatic carbocycles. The summed E-state index contributed by atoms with van der Waals surface area (Å²) in [5.74, 6) is -0.00429. The molecule has 70 valence electrons. The zero-order valence-electron chi connectivity index (χ0n) is 8.10. The van der Waals surface area contributed by atoms with Crippen LogP contribution in [0.15, 0.2) is 18.2 Å². The van der Waals surface area contributed by atoms with Gasteiger partial charge in [0, 0.05) is 0 Å². The van der Waals surface area contributed by atoms with Crippen molar-refractivity contribution in [1.29, 1.82) is 0 Å². The maximum atomic E-state index is 11.1.